The first-order chi connectivity index (χ1) is 18.4. The van der Waals surface area contributed by atoms with Gasteiger partial charge in [0.05, 0.1) is 5.71 Å². The summed E-state index contributed by atoms with van der Waals surface area (Å²) >= 11 is 3.54. The van der Waals surface area contributed by atoms with Crippen LogP contribution in [0.1, 0.15) is 62.4 Å². The standard InChI is InChI=1S/C31H39BrN4O2/c1-4-34-17-12-25-22-26(8-11-28(25)34)30(37)35-20-15-31(3,16-21-35)36-18-13-24(14-19-36)29(33-38-5-2)23-6-9-27(32)10-7-23/h6-12,17,22,24H,4-5,13-16,18-21H2,1-3H3/b33-29+. The average Bonchev–Trinajstić information content (AvgIpc) is 3.37. The Morgan fingerprint density at radius 3 is 2.34 bits per heavy atom. The molecule has 2 fully saturated rings. The highest BCUT2D eigenvalue weighted by atomic mass is 79.9. The van der Waals surface area contributed by atoms with Crippen LogP contribution in [0.3, 0.4) is 0 Å². The third kappa shape index (κ3) is 5.55. The van der Waals surface area contributed by atoms with Gasteiger partial charge in [0, 0.05) is 58.2 Å². The summed E-state index contributed by atoms with van der Waals surface area (Å²) in [7, 11) is 0. The SMILES string of the molecule is CCO/N=C(\c1ccc(Br)cc1)C1CCN(C2(C)CCN(C(=O)c3ccc4c(ccn4CC)c3)CC2)CC1. The zero-order chi connectivity index (χ0) is 26.7. The molecule has 0 unspecified atom stereocenters. The number of piperidine rings is 2. The summed E-state index contributed by atoms with van der Waals surface area (Å²) in [4.78, 5) is 23.6. The number of carbonyl (C=O) groups is 1. The molecule has 1 aromatic heterocycles. The number of aryl methyl sites for hydroxylation is 1. The number of nitrogens with zero attached hydrogens (tertiary/aromatic N) is 4. The lowest BCUT2D eigenvalue weighted by atomic mass is 9.82. The third-order valence-corrected chi connectivity index (χ3v) is 9.09. The van der Waals surface area contributed by atoms with Gasteiger partial charge in [0.2, 0.25) is 0 Å². The quantitative estimate of drug-likeness (QED) is 0.235. The van der Waals surface area contributed by atoms with Crippen molar-refractivity contribution < 1.29 is 9.63 Å². The number of hydrogen-bond donors (Lipinski definition) is 0. The normalized spacial score (nSPS) is 19.2. The number of amides is 1. The molecule has 5 rings (SSSR count). The highest BCUT2D eigenvalue weighted by Gasteiger charge is 2.39. The van der Waals surface area contributed by atoms with Crippen molar-refractivity contribution in [3.63, 3.8) is 0 Å². The van der Waals surface area contributed by atoms with Gasteiger partial charge in [-0.15, -0.1) is 0 Å². The van der Waals surface area contributed by atoms with Crippen LogP contribution < -0.4 is 0 Å². The molecule has 3 aromatic rings. The van der Waals surface area contributed by atoms with Crippen LogP contribution in [0.15, 0.2) is 64.4 Å². The molecule has 2 aliphatic heterocycles. The van der Waals surface area contributed by atoms with Crippen LogP contribution in [0.2, 0.25) is 0 Å². The van der Waals surface area contributed by atoms with E-state index in [0.29, 0.717) is 12.5 Å². The van der Waals surface area contributed by atoms with Crippen LogP contribution in [0.5, 0.6) is 0 Å². The molecule has 2 saturated heterocycles. The summed E-state index contributed by atoms with van der Waals surface area (Å²) in [6.07, 6.45) is 6.24. The Morgan fingerprint density at radius 1 is 1.00 bits per heavy atom. The smallest absolute Gasteiger partial charge is 0.253 e. The van der Waals surface area contributed by atoms with E-state index in [-0.39, 0.29) is 11.4 Å². The van der Waals surface area contributed by atoms with Crippen LogP contribution in [0, 0.1) is 5.92 Å². The van der Waals surface area contributed by atoms with E-state index in [9.17, 15) is 4.79 Å². The number of likely N-dealkylation sites (tertiary alicyclic amines) is 2. The molecule has 0 aliphatic carbocycles. The number of hydrogen-bond acceptors (Lipinski definition) is 4. The van der Waals surface area contributed by atoms with E-state index < -0.39 is 0 Å². The van der Waals surface area contributed by atoms with Gasteiger partial charge in [-0.1, -0.05) is 33.2 Å². The molecule has 2 aliphatic rings. The number of oxime groups is 1. The molecular formula is C31H39BrN4O2. The second kappa shape index (κ2) is 11.6. The number of aromatic nitrogens is 1. The number of rotatable bonds is 7. The third-order valence-electron chi connectivity index (χ3n) is 8.56. The fraction of sp³-hybridized carbons (Fsp3) is 0.484. The number of benzene rings is 2. The summed E-state index contributed by atoms with van der Waals surface area (Å²) in [6.45, 7) is 11.7. The molecule has 0 spiro atoms. The fourth-order valence-electron chi connectivity index (χ4n) is 6.11. The van der Waals surface area contributed by atoms with Gasteiger partial charge in [-0.3, -0.25) is 9.69 Å². The second-order valence-corrected chi connectivity index (χ2v) is 11.7. The van der Waals surface area contributed by atoms with Crippen molar-refractivity contribution in [2.24, 2.45) is 11.1 Å². The van der Waals surface area contributed by atoms with E-state index in [0.717, 1.165) is 85.1 Å². The summed E-state index contributed by atoms with van der Waals surface area (Å²) in [5.41, 5.74) is 4.32. The van der Waals surface area contributed by atoms with Gasteiger partial charge >= 0.3 is 0 Å². The summed E-state index contributed by atoms with van der Waals surface area (Å²) < 4.78 is 3.28. The average molecular weight is 580 g/mol. The highest BCUT2D eigenvalue weighted by molar-refractivity contribution is 9.10. The zero-order valence-electron chi connectivity index (χ0n) is 22.8. The minimum atomic E-state index is 0.124. The van der Waals surface area contributed by atoms with Gasteiger partial charge in [0.15, 0.2) is 0 Å². The van der Waals surface area contributed by atoms with E-state index in [1.807, 2.05) is 17.9 Å². The summed E-state index contributed by atoms with van der Waals surface area (Å²) in [5, 5.41) is 5.68. The fourth-order valence-corrected chi connectivity index (χ4v) is 6.37. The molecule has 6 nitrogen and oxygen atoms in total. The van der Waals surface area contributed by atoms with Gasteiger partial charge in [-0.25, -0.2) is 0 Å². The molecule has 3 heterocycles. The minimum absolute atomic E-state index is 0.124. The van der Waals surface area contributed by atoms with Gasteiger partial charge in [-0.05, 0) is 102 Å². The van der Waals surface area contributed by atoms with E-state index in [2.05, 4.69) is 93.1 Å². The number of fused-ring (bicyclic) bond motifs is 1. The molecule has 38 heavy (non-hydrogen) atoms. The first-order valence-corrected chi connectivity index (χ1v) is 14.8. The van der Waals surface area contributed by atoms with Crippen molar-refractivity contribution in [3.05, 3.63) is 70.3 Å². The van der Waals surface area contributed by atoms with E-state index in [4.69, 9.17) is 4.84 Å². The molecule has 0 N–H and O–H groups in total. The van der Waals surface area contributed by atoms with Crippen molar-refractivity contribution in [1.29, 1.82) is 0 Å². The van der Waals surface area contributed by atoms with E-state index >= 15 is 0 Å². The second-order valence-electron chi connectivity index (χ2n) is 10.8. The Balaban J connectivity index is 1.19. The molecular weight excluding hydrogens is 540 g/mol. The lowest BCUT2D eigenvalue weighted by molar-refractivity contribution is 0.0161. The Morgan fingerprint density at radius 2 is 1.68 bits per heavy atom. The van der Waals surface area contributed by atoms with Crippen LogP contribution in [0.4, 0.5) is 0 Å². The van der Waals surface area contributed by atoms with Crippen LogP contribution >= 0.6 is 15.9 Å². The maximum Gasteiger partial charge on any atom is 0.253 e. The lowest BCUT2D eigenvalue weighted by Crippen LogP contribution is -2.56. The predicted molar refractivity (Wildman–Crippen MR) is 158 cm³/mol. The number of carbonyl (C=O) groups excluding carboxylic acids is 1. The van der Waals surface area contributed by atoms with Crippen molar-refractivity contribution in [3.8, 4) is 0 Å². The monoisotopic (exact) mass is 578 g/mol. The predicted octanol–water partition coefficient (Wildman–Crippen LogP) is 6.57. The molecule has 0 bridgehead atoms. The van der Waals surface area contributed by atoms with Gasteiger partial charge in [0.1, 0.15) is 6.61 Å². The number of halogens is 1. The molecule has 0 saturated carbocycles. The lowest BCUT2D eigenvalue weighted by Gasteiger charge is -2.49. The maximum absolute atomic E-state index is 13.3. The van der Waals surface area contributed by atoms with Crippen molar-refractivity contribution in [2.75, 3.05) is 32.8 Å². The molecule has 202 valence electrons. The Labute approximate surface area is 234 Å². The largest absolute Gasteiger partial charge is 0.396 e. The molecule has 7 heteroatoms. The Kier molecular flexibility index (Phi) is 8.24. The van der Waals surface area contributed by atoms with Crippen LogP contribution in [0.25, 0.3) is 10.9 Å². The highest BCUT2D eigenvalue weighted by Crippen LogP contribution is 2.34. The van der Waals surface area contributed by atoms with Crippen LogP contribution in [-0.2, 0) is 11.4 Å². The van der Waals surface area contributed by atoms with Gasteiger partial charge in [-0.2, -0.15) is 0 Å². The first-order valence-electron chi connectivity index (χ1n) is 14.0. The maximum atomic E-state index is 13.3. The van der Waals surface area contributed by atoms with E-state index in [1.54, 1.807) is 0 Å². The van der Waals surface area contributed by atoms with E-state index in [1.165, 1.54) is 5.52 Å². The molecule has 0 atom stereocenters. The Hall–Kier alpha value is -2.64. The first kappa shape index (κ1) is 26.9. The topological polar surface area (TPSA) is 50.1 Å². The molecule has 0 radical (unpaired) electrons. The van der Waals surface area contributed by atoms with Gasteiger partial charge in [0.25, 0.3) is 5.91 Å². The molecule has 2 aromatic carbocycles. The van der Waals surface area contributed by atoms with Crippen molar-refractivity contribution in [2.45, 2.75) is 58.5 Å². The molecule has 1 amide bonds. The Bertz CT molecular complexity index is 1280. The van der Waals surface area contributed by atoms with Crippen molar-refractivity contribution in [1.82, 2.24) is 14.4 Å². The zero-order valence-corrected chi connectivity index (χ0v) is 24.4. The summed E-state index contributed by atoms with van der Waals surface area (Å²) in [5.74, 6) is 0.546. The van der Waals surface area contributed by atoms with Crippen LogP contribution in [-0.4, -0.2) is 64.3 Å². The summed E-state index contributed by atoms with van der Waals surface area (Å²) in [6, 6.07) is 16.6. The van der Waals surface area contributed by atoms with Crippen molar-refractivity contribution >= 4 is 38.5 Å². The minimum Gasteiger partial charge on any atom is -0.396 e. The van der Waals surface area contributed by atoms with Gasteiger partial charge < -0.3 is 14.3 Å².